The van der Waals surface area contributed by atoms with Gasteiger partial charge < -0.3 is 9.47 Å². The number of cyclic esters (lactones) is 1. The van der Waals surface area contributed by atoms with E-state index in [1.54, 1.807) is 4.90 Å². The van der Waals surface area contributed by atoms with Crippen molar-refractivity contribution in [2.24, 2.45) is 5.84 Å². The van der Waals surface area contributed by atoms with E-state index in [0.29, 0.717) is 31.3 Å². The van der Waals surface area contributed by atoms with Gasteiger partial charge in [-0.05, 0) is 0 Å². The Kier molecular flexibility index (Phi) is 2.36. The van der Waals surface area contributed by atoms with Gasteiger partial charge in [-0.15, -0.1) is 0 Å². The highest BCUT2D eigenvalue weighted by Crippen LogP contribution is 2.14. The van der Waals surface area contributed by atoms with Gasteiger partial charge in [-0.1, -0.05) is 0 Å². The molecule has 0 saturated carbocycles. The maximum absolute atomic E-state index is 11.4. The van der Waals surface area contributed by atoms with Crippen LogP contribution in [0.3, 0.4) is 0 Å². The van der Waals surface area contributed by atoms with Crippen LogP contribution in [-0.4, -0.2) is 54.4 Å². The average molecular weight is 201 g/mol. The summed E-state index contributed by atoms with van der Waals surface area (Å²) in [7, 11) is 0. The van der Waals surface area contributed by atoms with Gasteiger partial charge in [-0.2, -0.15) is 5.01 Å². The number of carbonyl (C=O) groups is 2. The van der Waals surface area contributed by atoms with E-state index in [1.807, 2.05) is 0 Å². The SMILES string of the molecule is NN1C(=O)OC(N2CCOCC2)C1=O. The molecule has 0 radical (unpaired) electrons. The molecule has 2 aliphatic rings. The summed E-state index contributed by atoms with van der Waals surface area (Å²) in [5.74, 6) is 4.65. The van der Waals surface area contributed by atoms with Crippen LogP contribution in [0.15, 0.2) is 0 Å². The van der Waals surface area contributed by atoms with Gasteiger partial charge in [0.25, 0.3) is 0 Å². The number of nitrogens with two attached hydrogens (primary N) is 1. The van der Waals surface area contributed by atoms with Crippen molar-refractivity contribution in [1.82, 2.24) is 9.91 Å². The van der Waals surface area contributed by atoms with Crippen molar-refractivity contribution in [3.8, 4) is 0 Å². The number of morpholine rings is 1. The zero-order valence-electron chi connectivity index (χ0n) is 7.51. The van der Waals surface area contributed by atoms with Crippen LogP contribution in [0.1, 0.15) is 0 Å². The van der Waals surface area contributed by atoms with Gasteiger partial charge in [0.05, 0.1) is 13.2 Å². The van der Waals surface area contributed by atoms with E-state index in [1.165, 1.54) is 0 Å². The molecule has 0 spiro atoms. The predicted octanol–water partition coefficient (Wildman–Crippen LogP) is -1.50. The lowest BCUT2D eigenvalue weighted by molar-refractivity contribution is -0.140. The smallest absolute Gasteiger partial charge is 0.419 e. The largest absolute Gasteiger partial charge is 0.433 e. The Morgan fingerprint density at radius 1 is 1.29 bits per heavy atom. The lowest BCUT2D eigenvalue weighted by atomic mass is 10.4. The third-order valence-electron chi connectivity index (χ3n) is 2.24. The molecular weight excluding hydrogens is 190 g/mol. The number of amides is 2. The Balaban J connectivity index is 2.04. The fourth-order valence-corrected chi connectivity index (χ4v) is 1.45. The quantitative estimate of drug-likeness (QED) is 0.410. The van der Waals surface area contributed by atoms with Crippen LogP contribution in [0.4, 0.5) is 4.79 Å². The van der Waals surface area contributed by atoms with Crippen LogP contribution < -0.4 is 5.84 Å². The van der Waals surface area contributed by atoms with Gasteiger partial charge in [0, 0.05) is 13.1 Å². The van der Waals surface area contributed by atoms with Crippen molar-refractivity contribution in [3.63, 3.8) is 0 Å². The van der Waals surface area contributed by atoms with Crippen LogP contribution in [0, 0.1) is 0 Å². The van der Waals surface area contributed by atoms with Gasteiger partial charge in [-0.3, -0.25) is 9.69 Å². The molecule has 0 aromatic rings. The fourth-order valence-electron chi connectivity index (χ4n) is 1.45. The first-order valence-electron chi connectivity index (χ1n) is 4.31. The lowest BCUT2D eigenvalue weighted by Gasteiger charge is -2.28. The summed E-state index contributed by atoms with van der Waals surface area (Å²) in [6, 6.07) is 0. The Labute approximate surface area is 80.3 Å². The normalized spacial score (nSPS) is 29.5. The molecule has 2 heterocycles. The Morgan fingerprint density at radius 3 is 2.43 bits per heavy atom. The highest BCUT2D eigenvalue weighted by Gasteiger charge is 2.43. The summed E-state index contributed by atoms with van der Waals surface area (Å²) in [4.78, 5) is 24.1. The molecule has 0 aliphatic carbocycles. The highest BCUT2D eigenvalue weighted by molar-refractivity contribution is 5.98. The maximum atomic E-state index is 11.4. The standard InChI is InChI=1S/C7H11N3O4/c8-10-5(11)6(14-7(10)12)9-1-3-13-4-2-9/h6H,1-4,8H2. The molecular formula is C7H11N3O4. The number of ether oxygens (including phenoxy) is 2. The molecule has 2 saturated heterocycles. The molecule has 7 nitrogen and oxygen atoms in total. The molecule has 78 valence electrons. The zero-order chi connectivity index (χ0) is 10.1. The molecule has 2 fully saturated rings. The van der Waals surface area contributed by atoms with Crippen molar-refractivity contribution < 1.29 is 19.1 Å². The second-order valence-electron chi connectivity index (χ2n) is 3.09. The van der Waals surface area contributed by atoms with Crippen LogP contribution in [-0.2, 0) is 14.3 Å². The van der Waals surface area contributed by atoms with E-state index in [2.05, 4.69) is 0 Å². The van der Waals surface area contributed by atoms with Crippen LogP contribution in [0.25, 0.3) is 0 Å². The van der Waals surface area contributed by atoms with Crippen molar-refractivity contribution in [2.45, 2.75) is 6.23 Å². The number of carbonyl (C=O) groups excluding carboxylic acids is 2. The zero-order valence-corrected chi connectivity index (χ0v) is 7.51. The number of hydrogen-bond donors (Lipinski definition) is 1. The Hall–Kier alpha value is -1.18. The van der Waals surface area contributed by atoms with Crippen LogP contribution in [0.5, 0.6) is 0 Å². The van der Waals surface area contributed by atoms with Gasteiger partial charge in [0.15, 0.2) is 0 Å². The summed E-state index contributed by atoms with van der Waals surface area (Å²) in [5, 5.41) is 0.500. The second kappa shape index (κ2) is 3.52. The summed E-state index contributed by atoms with van der Waals surface area (Å²) in [6.07, 6.45) is -1.66. The third kappa shape index (κ3) is 1.45. The fraction of sp³-hybridized carbons (Fsp3) is 0.714. The molecule has 0 aromatic heterocycles. The number of imide groups is 1. The maximum Gasteiger partial charge on any atom is 0.433 e. The molecule has 2 aliphatic heterocycles. The molecule has 0 aromatic carbocycles. The van der Waals surface area contributed by atoms with Gasteiger partial charge in [0.2, 0.25) is 6.23 Å². The predicted molar refractivity (Wildman–Crippen MR) is 43.7 cm³/mol. The van der Waals surface area contributed by atoms with Crippen molar-refractivity contribution in [2.75, 3.05) is 26.3 Å². The summed E-state index contributed by atoms with van der Waals surface area (Å²) in [6.45, 7) is 2.20. The molecule has 7 heteroatoms. The number of rotatable bonds is 1. The third-order valence-corrected chi connectivity index (χ3v) is 2.24. The van der Waals surface area contributed by atoms with E-state index in [4.69, 9.17) is 15.3 Å². The Morgan fingerprint density at radius 2 is 1.93 bits per heavy atom. The highest BCUT2D eigenvalue weighted by atomic mass is 16.6. The number of nitrogens with zero attached hydrogens (tertiary/aromatic N) is 2. The molecule has 1 unspecified atom stereocenters. The minimum Gasteiger partial charge on any atom is -0.419 e. The summed E-state index contributed by atoms with van der Waals surface area (Å²) < 4.78 is 9.92. The van der Waals surface area contributed by atoms with E-state index in [-0.39, 0.29) is 0 Å². The number of hydrogen-bond acceptors (Lipinski definition) is 6. The Bertz CT molecular complexity index is 264. The van der Waals surface area contributed by atoms with Gasteiger partial charge in [0.1, 0.15) is 0 Å². The van der Waals surface area contributed by atoms with Crippen LogP contribution >= 0.6 is 0 Å². The topological polar surface area (TPSA) is 85.1 Å². The summed E-state index contributed by atoms with van der Waals surface area (Å²) >= 11 is 0. The van der Waals surface area contributed by atoms with E-state index < -0.39 is 18.2 Å². The van der Waals surface area contributed by atoms with Crippen molar-refractivity contribution in [3.05, 3.63) is 0 Å². The van der Waals surface area contributed by atoms with E-state index in [9.17, 15) is 9.59 Å². The minimum absolute atomic E-state index is 0.500. The molecule has 1 atom stereocenters. The second-order valence-corrected chi connectivity index (χ2v) is 3.09. The monoisotopic (exact) mass is 201 g/mol. The molecule has 2 rings (SSSR count). The van der Waals surface area contributed by atoms with E-state index in [0.717, 1.165) is 0 Å². The van der Waals surface area contributed by atoms with Gasteiger partial charge >= 0.3 is 12.0 Å². The molecule has 0 bridgehead atoms. The summed E-state index contributed by atoms with van der Waals surface area (Å²) in [5.41, 5.74) is 0. The minimum atomic E-state index is -0.864. The number of hydrazine groups is 1. The van der Waals surface area contributed by atoms with Crippen molar-refractivity contribution in [1.29, 1.82) is 0 Å². The first-order valence-corrected chi connectivity index (χ1v) is 4.31. The van der Waals surface area contributed by atoms with E-state index >= 15 is 0 Å². The first-order chi connectivity index (χ1) is 6.70. The molecule has 2 amide bonds. The average Bonchev–Trinajstić information content (AvgIpc) is 2.47. The molecule has 14 heavy (non-hydrogen) atoms. The first kappa shape index (κ1) is 9.38. The van der Waals surface area contributed by atoms with Crippen molar-refractivity contribution >= 4 is 12.0 Å². The van der Waals surface area contributed by atoms with Crippen LogP contribution in [0.2, 0.25) is 0 Å². The lowest BCUT2D eigenvalue weighted by Crippen LogP contribution is -2.48. The van der Waals surface area contributed by atoms with Gasteiger partial charge in [-0.25, -0.2) is 10.6 Å². The molecule has 2 N–H and O–H groups in total.